The topological polar surface area (TPSA) is 54.4 Å². The van der Waals surface area contributed by atoms with E-state index in [0.29, 0.717) is 0 Å². The molecular weight excluding hydrogens is 360 g/mol. The van der Waals surface area contributed by atoms with Crippen molar-refractivity contribution in [3.63, 3.8) is 0 Å². The first-order valence-corrected chi connectivity index (χ1v) is 11.9. The monoisotopic (exact) mass is 402 g/mol. The first-order valence-electron chi connectivity index (χ1n) is 11.9. The van der Waals surface area contributed by atoms with Gasteiger partial charge in [-0.15, -0.1) is 0 Å². The third kappa shape index (κ3) is 14.1. The van der Waals surface area contributed by atoms with Gasteiger partial charge in [-0.2, -0.15) is 0 Å². The van der Waals surface area contributed by atoms with Crippen LogP contribution in [0.4, 0.5) is 0 Å². The van der Waals surface area contributed by atoms with Crippen LogP contribution in [0.5, 0.6) is 0 Å². The minimum absolute atomic E-state index is 0.273. The van der Waals surface area contributed by atoms with Crippen molar-refractivity contribution in [1.82, 2.24) is 0 Å². The summed E-state index contributed by atoms with van der Waals surface area (Å²) in [6.07, 6.45) is 29.9. The molecule has 0 bridgehead atoms. The molecule has 0 unspecified atom stereocenters. The molecule has 1 N–H and O–H groups in total. The van der Waals surface area contributed by atoms with Gasteiger partial charge >= 0.3 is 5.97 Å². The molecule has 1 fully saturated rings. The summed E-state index contributed by atoms with van der Waals surface area (Å²) in [6, 6.07) is 0. The summed E-state index contributed by atoms with van der Waals surface area (Å²) in [6.45, 7) is 2.26. The van der Waals surface area contributed by atoms with E-state index in [0.717, 1.165) is 37.5 Å². The predicted molar refractivity (Wildman–Crippen MR) is 122 cm³/mol. The number of carbonyl (C=O) groups is 2. The molecule has 0 aromatic carbocycles. The van der Waals surface area contributed by atoms with Crippen LogP contribution in [-0.4, -0.2) is 16.9 Å². The van der Waals surface area contributed by atoms with Gasteiger partial charge in [0.05, 0.1) is 0 Å². The van der Waals surface area contributed by atoms with Gasteiger partial charge in [0.15, 0.2) is 5.78 Å². The number of carbonyl (C=O) groups excluding carboxylic acids is 1. The predicted octanol–water partition coefficient (Wildman–Crippen LogP) is 7.43. The van der Waals surface area contributed by atoms with Crippen molar-refractivity contribution < 1.29 is 14.7 Å². The van der Waals surface area contributed by atoms with Gasteiger partial charge < -0.3 is 5.11 Å². The number of allylic oxidation sites excluding steroid dienone is 6. The lowest BCUT2D eigenvalue weighted by Crippen LogP contribution is -2.03. The molecular formula is C26H42O3. The second-order valence-corrected chi connectivity index (χ2v) is 8.39. The molecule has 2 atom stereocenters. The second-order valence-electron chi connectivity index (χ2n) is 8.39. The lowest BCUT2D eigenvalue weighted by atomic mass is 9.92. The van der Waals surface area contributed by atoms with E-state index >= 15 is 0 Å². The van der Waals surface area contributed by atoms with Gasteiger partial charge in [-0.3, -0.25) is 9.59 Å². The SMILES string of the molecule is CCCCCCC/C=C/[C@H]1CCC[C@@H]1C/C=C\CCCC(=O)O.O=C1C=CCC1. The normalized spacial score (nSPS) is 21.2. The zero-order valence-electron chi connectivity index (χ0n) is 18.5. The second kappa shape index (κ2) is 17.2. The Morgan fingerprint density at radius 2 is 1.86 bits per heavy atom. The first-order chi connectivity index (χ1) is 14.1. The standard InChI is InChI=1S/C21H36O2.C5H6O/c1-2-3-4-5-6-7-10-14-19-16-13-17-20(19)15-11-8-9-12-18-21(22)23;6-5-3-1-2-4-5/h8,10-11,14,19-20H,2-7,9,12-13,15-18H2,1H3,(H,22,23);1,3H,2,4H2/b11-8-,14-10+;/t19-,20-;/m0./s1. The van der Waals surface area contributed by atoms with Gasteiger partial charge in [-0.1, -0.05) is 69.4 Å². The number of carboxylic acids is 1. The summed E-state index contributed by atoms with van der Waals surface area (Å²) in [5, 5.41) is 8.61. The molecule has 164 valence electrons. The minimum Gasteiger partial charge on any atom is -0.481 e. The molecule has 1 saturated carbocycles. The van der Waals surface area contributed by atoms with Crippen LogP contribution in [0.3, 0.4) is 0 Å². The number of ketones is 1. The number of hydrogen-bond donors (Lipinski definition) is 1. The summed E-state index contributed by atoms with van der Waals surface area (Å²) < 4.78 is 0. The molecule has 3 heteroatoms. The van der Waals surface area contributed by atoms with Crippen molar-refractivity contribution in [2.75, 3.05) is 0 Å². The molecule has 2 aliphatic carbocycles. The first kappa shape index (κ1) is 25.4. The Balaban J connectivity index is 0.000000594. The molecule has 0 aromatic rings. The number of hydrogen-bond acceptors (Lipinski definition) is 2. The van der Waals surface area contributed by atoms with Crippen LogP contribution >= 0.6 is 0 Å². The van der Waals surface area contributed by atoms with Gasteiger partial charge in [0.1, 0.15) is 0 Å². The Labute approximate surface area is 178 Å². The smallest absolute Gasteiger partial charge is 0.303 e. The average Bonchev–Trinajstić information content (AvgIpc) is 3.35. The van der Waals surface area contributed by atoms with Crippen LogP contribution in [0, 0.1) is 11.8 Å². The van der Waals surface area contributed by atoms with E-state index in [1.807, 2.05) is 6.08 Å². The van der Waals surface area contributed by atoms with E-state index in [1.54, 1.807) is 6.08 Å². The van der Waals surface area contributed by atoms with E-state index in [4.69, 9.17) is 5.11 Å². The van der Waals surface area contributed by atoms with Gasteiger partial charge in [0, 0.05) is 12.8 Å². The molecule has 0 amide bonds. The van der Waals surface area contributed by atoms with Gasteiger partial charge in [0.2, 0.25) is 0 Å². The highest BCUT2D eigenvalue weighted by Crippen LogP contribution is 2.35. The third-order valence-electron chi connectivity index (χ3n) is 5.80. The molecule has 0 radical (unpaired) electrons. The number of unbranched alkanes of at least 4 members (excludes halogenated alkanes) is 6. The third-order valence-corrected chi connectivity index (χ3v) is 5.80. The highest BCUT2D eigenvalue weighted by atomic mass is 16.4. The molecule has 0 spiro atoms. The molecule has 0 aliphatic heterocycles. The quantitative estimate of drug-likeness (QED) is 0.257. The largest absolute Gasteiger partial charge is 0.481 e. The van der Waals surface area contributed by atoms with E-state index in [9.17, 15) is 9.59 Å². The Morgan fingerprint density at radius 3 is 2.52 bits per heavy atom. The molecule has 29 heavy (non-hydrogen) atoms. The summed E-state index contributed by atoms with van der Waals surface area (Å²) in [5.74, 6) is 1.17. The van der Waals surface area contributed by atoms with Crippen LogP contribution in [0.15, 0.2) is 36.5 Å². The summed E-state index contributed by atoms with van der Waals surface area (Å²) >= 11 is 0. The van der Waals surface area contributed by atoms with Crippen molar-refractivity contribution in [2.45, 2.75) is 103 Å². The Bertz CT molecular complexity index is 530. The van der Waals surface area contributed by atoms with E-state index in [2.05, 4.69) is 31.2 Å². The molecule has 0 saturated heterocycles. The van der Waals surface area contributed by atoms with Gasteiger partial charge in [-0.25, -0.2) is 0 Å². The Kier molecular flexibility index (Phi) is 15.1. The van der Waals surface area contributed by atoms with E-state index in [-0.39, 0.29) is 12.2 Å². The van der Waals surface area contributed by atoms with Gasteiger partial charge in [0.25, 0.3) is 0 Å². The highest BCUT2D eigenvalue weighted by Gasteiger charge is 2.23. The fourth-order valence-corrected chi connectivity index (χ4v) is 4.03. The van der Waals surface area contributed by atoms with Crippen molar-refractivity contribution >= 4 is 11.8 Å². The lowest BCUT2D eigenvalue weighted by molar-refractivity contribution is -0.137. The van der Waals surface area contributed by atoms with E-state index in [1.165, 1.54) is 64.2 Å². The Morgan fingerprint density at radius 1 is 1.07 bits per heavy atom. The molecule has 2 rings (SSSR count). The maximum Gasteiger partial charge on any atom is 0.303 e. The minimum atomic E-state index is -0.686. The lowest BCUT2D eigenvalue weighted by Gasteiger charge is -2.14. The number of carboxylic acid groups (broad SMARTS) is 1. The van der Waals surface area contributed by atoms with Crippen LogP contribution in [0.25, 0.3) is 0 Å². The average molecular weight is 403 g/mol. The fraction of sp³-hybridized carbons (Fsp3) is 0.692. The Hall–Kier alpha value is -1.64. The molecule has 0 aromatic heterocycles. The van der Waals surface area contributed by atoms with Crippen LogP contribution in [0.1, 0.15) is 103 Å². The maximum atomic E-state index is 10.5. The fourth-order valence-electron chi connectivity index (χ4n) is 4.03. The van der Waals surface area contributed by atoms with Crippen molar-refractivity contribution in [3.05, 3.63) is 36.5 Å². The summed E-state index contributed by atoms with van der Waals surface area (Å²) in [7, 11) is 0. The highest BCUT2D eigenvalue weighted by molar-refractivity contribution is 5.91. The van der Waals surface area contributed by atoms with Crippen molar-refractivity contribution in [2.24, 2.45) is 11.8 Å². The summed E-state index contributed by atoms with van der Waals surface area (Å²) in [5.41, 5.74) is 0. The maximum absolute atomic E-state index is 10.5. The number of aliphatic carboxylic acids is 1. The van der Waals surface area contributed by atoms with Crippen LogP contribution in [-0.2, 0) is 9.59 Å². The summed E-state index contributed by atoms with van der Waals surface area (Å²) in [4.78, 5) is 20.6. The zero-order valence-corrected chi connectivity index (χ0v) is 18.5. The van der Waals surface area contributed by atoms with Crippen molar-refractivity contribution in [3.8, 4) is 0 Å². The van der Waals surface area contributed by atoms with E-state index < -0.39 is 5.97 Å². The molecule has 3 nitrogen and oxygen atoms in total. The molecule has 2 aliphatic rings. The van der Waals surface area contributed by atoms with Crippen LogP contribution in [0.2, 0.25) is 0 Å². The van der Waals surface area contributed by atoms with Crippen molar-refractivity contribution in [1.29, 1.82) is 0 Å². The number of rotatable bonds is 13. The molecule has 0 heterocycles. The zero-order chi connectivity index (χ0) is 21.2. The van der Waals surface area contributed by atoms with Gasteiger partial charge in [-0.05, 0) is 69.3 Å². The van der Waals surface area contributed by atoms with Crippen LogP contribution < -0.4 is 0 Å².